The summed E-state index contributed by atoms with van der Waals surface area (Å²) in [5.74, 6) is -0.178. The highest BCUT2D eigenvalue weighted by molar-refractivity contribution is 5.72. The number of carbonyl (C=O) groups is 1. The Labute approximate surface area is 262 Å². The monoisotopic (exact) mass is 591 g/mol. The standard InChI is InChI=1S/C39H45NO4/c1-4-9-29-17-22-35-32(26-29)19-23-34-31(18-14-28-10-6-5-7-11-28)12-8-13-36(34)38(35)40(2)24-25-44-33-20-15-30(16-21-33)27-37(43-3)39(41)42/h5-8,10-13,15-17,20-22,26,37-38H,4,9,14,18-19,23-25,27H2,1-3H3,(H,41,42). The Morgan fingerprint density at radius 1 is 0.864 bits per heavy atom. The Hall–Kier alpha value is -3.93. The molecule has 0 radical (unpaired) electrons. The van der Waals surface area contributed by atoms with Crippen LogP contribution in [-0.2, 0) is 48.1 Å². The summed E-state index contributed by atoms with van der Waals surface area (Å²) in [4.78, 5) is 13.8. The molecule has 5 rings (SSSR count). The summed E-state index contributed by atoms with van der Waals surface area (Å²) in [5.41, 5.74) is 10.9. The number of hydrogen-bond donors (Lipinski definition) is 1. The minimum atomic E-state index is -0.956. The first-order chi connectivity index (χ1) is 21.5. The Bertz CT molecular complexity index is 1520. The first-order valence-electron chi connectivity index (χ1n) is 15.9. The number of aryl methyl sites for hydroxylation is 4. The summed E-state index contributed by atoms with van der Waals surface area (Å²) in [6, 6.07) is 32.6. The molecule has 44 heavy (non-hydrogen) atoms. The molecule has 1 aliphatic carbocycles. The van der Waals surface area contributed by atoms with Crippen molar-refractivity contribution >= 4 is 5.97 Å². The minimum absolute atomic E-state index is 0.155. The SMILES string of the molecule is CCCc1ccc2c(c1)CCc1c(CCc3ccccc3)cccc1C2N(C)CCOc1ccc(CC(OC)C(=O)O)cc1. The number of ether oxygens (including phenoxy) is 2. The number of fused-ring (bicyclic) bond motifs is 2. The van der Waals surface area contributed by atoms with Crippen molar-refractivity contribution in [2.75, 3.05) is 27.3 Å². The molecule has 0 spiro atoms. The molecule has 5 nitrogen and oxygen atoms in total. The first-order valence-corrected chi connectivity index (χ1v) is 15.9. The van der Waals surface area contributed by atoms with E-state index in [1.807, 2.05) is 24.3 Å². The molecule has 2 atom stereocenters. The molecule has 4 aromatic carbocycles. The molecule has 0 aromatic heterocycles. The number of carboxylic acids is 1. The van der Waals surface area contributed by atoms with Gasteiger partial charge in [0.25, 0.3) is 0 Å². The molecule has 5 heteroatoms. The van der Waals surface area contributed by atoms with E-state index in [4.69, 9.17) is 9.47 Å². The summed E-state index contributed by atoms with van der Waals surface area (Å²) in [5, 5.41) is 9.28. The number of rotatable bonds is 14. The van der Waals surface area contributed by atoms with E-state index in [0.717, 1.165) is 56.4 Å². The zero-order valence-corrected chi connectivity index (χ0v) is 26.3. The molecular weight excluding hydrogens is 546 g/mol. The molecule has 1 N–H and O–H groups in total. The maximum atomic E-state index is 11.3. The van der Waals surface area contributed by atoms with Gasteiger partial charge in [-0.1, -0.05) is 92.2 Å². The van der Waals surface area contributed by atoms with Crippen LogP contribution in [0.5, 0.6) is 5.75 Å². The third-order valence-electron chi connectivity index (χ3n) is 8.87. The van der Waals surface area contributed by atoms with Crippen LogP contribution in [-0.4, -0.2) is 49.4 Å². The van der Waals surface area contributed by atoms with Crippen molar-refractivity contribution < 1.29 is 19.4 Å². The predicted octanol–water partition coefficient (Wildman–Crippen LogP) is 7.27. The van der Waals surface area contributed by atoms with E-state index in [1.54, 1.807) is 0 Å². The van der Waals surface area contributed by atoms with Crippen LogP contribution < -0.4 is 4.74 Å². The Balaban J connectivity index is 1.34. The van der Waals surface area contributed by atoms with E-state index in [2.05, 4.69) is 85.6 Å². The lowest BCUT2D eigenvalue weighted by molar-refractivity contribution is -0.148. The second-order valence-corrected chi connectivity index (χ2v) is 11.9. The van der Waals surface area contributed by atoms with Crippen LogP contribution in [0.2, 0.25) is 0 Å². The maximum Gasteiger partial charge on any atom is 0.333 e. The molecule has 0 heterocycles. The minimum Gasteiger partial charge on any atom is -0.492 e. The van der Waals surface area contributed by atoms with Gasteiger partial charge < -0.3 is 14.6 Å². The highest BCUT2D eigenvalue weighted by Gasteiger charge is 2.28. The van der Waals surface area contributed by atoms with Gasteiger partial charge in [-0.3, -0.25) is 4.90 Å². The van der Waals surface area contributed by atoms with Crippen molar-refractivity contribution in [2.45, 2.75) is 64.0 Å². The summed E-state index contributed by atoms with van der Waals surface area (Å²) in [6.07, 6.45) is 5.93. The molecule has 0 amide bonds. The molecule has 0 saturated carbocycles. The quantitative estimate of drug-likeness (QED) is 0.167. The third-order valence-corrected chi connectivity index (χ3v) is 8.87. The summed E-state index contributed by atoms with van der Waals surface area (Å²) in [7, 11) is 3.64. The van der Waals surface area contributed by atoms with Crippen LogP contribution in [0.25, 0.3) is 0 Å². The van der Waals surface area contributed by atoms with Gasteiger partial charge in [0, 0.05) is 20.1 Å². The molecule has 2 unspecified atom stereocenters. The van der Waals surface area contributed by atoms with Crippen molar-refractivity contribution in [3.63, 3.8) is 0 Å². The fourth-order valence-corrected chi connectivity index (χ4v) is 6.51. The number of benzene rings is 4. The third kappa shape index (κ3) is 7.77. The van der Waals surface area contributed by atoms with Crippen molar-refractivity contribution in [3.8, 4) is 5.75 Å². The van der Waals surface area contributed by atoms with E-state index < -0.39 is 12.1 Å². The second-order valence-electron chi connectivity index (χ2n) is 11.9. The number of likely N-dealkylation sites (N-methyl/N-ethyl adjacent to an activating group) is 1. The average Bonchev–Trinajstić information content (AvgIpc) is 3.20. The number of aliphatic carboxylic acids is 1. The molecule has 0 saturated heterocycles. The lowest BCUT2D eigenvalue weighted by Gasteiger charge is -2.31. The zero-order valence-electron chi connectivity index (χ0n) is 26.3. The van der Waals surface area contributed by atoms with Crippen molar-refractivity contribution in [1.29, 1.82) is 0 Å². The van der Waals surface area contributed by atoms with Gasteiger partial charge in [0.1, 0.15) is 12.4 Å². The summed E-state index contributed by atoms with van der Waals surface area (Å²) in [6.45, 7) is 3.56. The van der Waals surface area contributed by atoms with Crippen LogP contribution in [0, 0.1) is 0 Å². The fourth-order valence-electron chi connectivity index (χ4n) is 6.51. The van der Waals surface area contributed by atoms with Crippen molar-refractivity contribution in [2.24, 2.45) is 0 Å². The largest absolute Gasteiger partial charge is 0.492 e. The van der Waals surface area contributed by atoms with E-state index in [9.17, 15) is 9.90 Å². The van der Waals surface area contributed by atoms with Gasteiger partial charge in [-0.15, -0.1) is 0 Å². The van der Waals surface area contributed by atoms with Gasteiger partial charge in [0.05, 0.1) is 6.04 Å². The van der Waals surface area contributed by atoms with Gasteiger partial charge in [-0.05, 0) is 95.8 Å². The Morgan fingerprint density at radius 2 is 1.64 bits per heavy atom. The van der Waals surface area contributed by atoms with E-state index in [0.29, 0.717) is 13.0 Å². The highest BCUT2D eigenvalue weighted by Crippen LogP contribution is 2.38. The predicted molar refractivity (Wildman–Crippen MR) is 177 cm³/mol. The summed E-state index contributed by atoms with van der Waals surface area (Å²) < 4.78 is 11.3. The zero-order chi connectivity index (χ0) is 30.9. The van der Waals surface area contributed by atoms with Crippen LogP contribution >= 0.6 is 0 Å². The number of methoxy groups -OCH3 is 1. The van der Waals surface area contributed by atoms with E-state index >= 15 is 0 Å². The lowest BCUT2D eigenvalue weighted by Crippen LogP contribution is -2.30. The molecule has 4 aromatic rings. The van der Waals surface area contributed by atoms with E-state index in [1.165, 1.54) is 46.1 Å². The average molecular weight is 592 g/mol. The van der Waals surface area contributed by atoms with Crippen LogP contribution in [0.4, 0.5) is 0 Å². The van der Waals surface area contributed by atoms with Crippen molar-refractivity contribution in [1.82, 2.24) is 4.90 Å². The molecular formula is C39H45NO4. The number of carboxylic acid groups (broad SMARTS) is 1. The van der Waals surface area contributed by atoms with E-state index in [-0.39, 0.29) is 6.04 Å². The second kappa shape index (κ2) is 15.2. The van der Waals surface area contributed by atoms with Gasteiger partial charge in [-0.25, -0.2) is 4.79 Å². The molecule has 0 aliphatic heterocycles. The van der Waals surface area contributed by atoms with Gasteiger partial charge in [0.2, 0.25) is 0 Å². The van der Waals surface area contributed by atoms with Crippen LogP contribution in [0.3, 0.4) is 0 Å². The van der Waals surface area contributed by atoms with Gasteiger partial charge in [0.15, 0.2) is 6.10 Å². The fraction of sp³-hybridized carbons (Fsp3) is 0.359. The maximum absolute atomic E-state index is 11.3. The molecule has 0 fully saturated rings. The van der Waals surface area contributed by atoms with Crippen molar-refractivity contribution in [3.05, 3.63) is 136 Å². The Kier molecular flexibility index (Phi) is 10.9. The van der Waals surface area contributed by atoms with Gasteiger partial charge in [-0.2, -0.15) is 0 Å². The van der Waals surface area contributed by atoms with Crippen LogP contribution in [0.1, 0.15) is 63.9 Å². The lowest BCUT2D eigenvalue weighted by atomic mass is 9.89. The van der Waals surface area contributed by atoms with Crippen LogP contribution in [0.15, 0.2) is 91.0 Å². The first kappa shape index (κ1) is 31.5. The molecule has 1 aliphatic rings. The molecule has 0 bridgehead atoms. The Morgan fingerprint density at radius 3 is 2.36 bits per heavy atom. The molecule has 230 valence electrons. The normalized spacial score (nSPS) is 14.9. The smallest absolute Gasteiger partial charge is 0.333 e. The number of nitrogens with zero attached hydrogens (tertiary/aromatic N) is 1. The topological polar surface area (TPSA) is 59.0 Å². The highest BCUT2D eigenvalue weighted by atomic mass is 16.5. The van der Waals surface area contributed by atoms with Gasteiger partial charge >= 0.3 is 5.97 Å². The summed E-state index contributed by atoms with van der Waals surface area (Å²) >= 11 is 0. The number of hydrogen-bond acceptors (Lipinski definition) is 4.